The van der Waals surface area contributed by atoms with Crippen molar-refractivity contribution in [3.8, 4) is 11.1 Å². The Balaban J connectivity index is 1.79. The van der Waals surface area contributed by atoms with Crippen molar-refractivity contribution in [1.29, 1.82) is 0 Å². The molecule has 0 aliphatic carbocycles. The third-order valence-electron chi connectivity index (χ3n) is 5.64. The number of fused-ring (bicyclic) bond motifs is 1. The summed E-state index contributed by atoms with van der Waals surface area (Å²) in [5.74, 6) is 1.09. The van der Waals surface area contributed by atoms with Gasteiger partial charge in [0.25, 0.3) is 0 Å². The number of hydrogen-bond acceptors (Lipinski definition) is 4. The van der Waals surface area contributed by atoms with Gasteiger partial charge in [-0.15, -0.1) is 0 Å². The number of hydrogen-bond donors (Lipinski definition) is 2. The van der Waals surface area contributed by atoms with Crippen LogP contribution in [0.2, 0.25) is 5.02 Å². The van der Waals surface area contributed by atoms with Crippen LogP contribution in [-0.2, 0) is 5.41 Å². The molecule has 0 amide bonds. The molecule has 1 aliphatic heterocycles. The average molecular weight is 415 g/mol. The molecule has 0 saturated carbocycles. The highest BCUT2D eigenvalue weighted by molar-refractivity contribution is 6.30. The van der Waals surface area contributed by atoms with Crippen LogP contribution in [0.15, 0.2) is 36.5 Å². The molecule has 1 saturated heterocycles. The molecule has 0 spiro atoms. The molecule has 3 aromatic rings. The zero-order valence-electron chi connectivity index (χ0n) is 17.3. The number of quaternary nitrogens is 1. The topological polar surface area (TPSA) is 58.1 Å². The van der Waals surface area contributed by atoms with Crippen LogP contribution in [0.5, 0.6) is 0 Å². The Hall–Kier alpha value is -2.15. The van der Waals surface area contributed by atoms with Gasteiger partial charge in [-0.3, -0.25) is 0 Å². The Bertz CT molecular complexity index is 985. The summed E-state index contributed by atoms with van der Waals surface area (Å²) in [7, 11) is 0. The summed E-state index contributed by atoms with van der Waals surface area (Å²) in [5.41, 5.74) is 3.94. The zero-order valence-corrected chi connectivity index (χ0v) is 18.1. The summed E-state index contributed by atoms with van der Waals surface area (Å²) in [4.78, 5) is 8.85. The van der Waals surface area contributed by atoms with E-state index in [9.17, 15) is 5.11 Å². The normalized spacial score (nSPS) is 16.0. The number of aliphatic hydroxyl groups excluding tert-OH is 1. The van der Waals surface area contributed by atoms with Gasteiger partial charge >= 0.3 is 0 Å². The van der Waals surface area contributed by atoms with Gasteiger partial charge in [-0.05, 0) is 17.7 Å². The van der Waals surface area contributed by atoms with Gasteiger partial charge in [0.05, 0.1) is 44.7 Å². The van der Waals surface area contributed by atoms with Crippen molar-refractivity contribution in [3.63, 3.8) is 0 Å². The maximum Gasteiger partial charge on any atom is 0.165 e. The van der Waals surface area contributed by atoms with Crippen LogP contribution in [0, 0.1) is 0 Å². The van der Waals surface area contributed by atoms with E-state index >= 15 is 0 Å². The van der Waals surface area contributed by atoms with Crippen LogP contribution >= 0.6 is 11.6 Å². The third-order valence-corrected chi connectivity index (χ3v) is 5.89. The number of rotatable bonds is 4. The molecular formula is C22H29ClN5O+. The summed E-state index contributed by atoms with van der Waals surface area (Å²) in [6.45, 7) is 11.5. The number of nitrogens with one attached hydrogen (secondary N) is 1. The number of anilines is 1. The molecule has 6 nitrogen and oxygen atoms in total. The van der Waals surface area contributed by atoms with Gasteiger partial charge in [0.2, 0.25) is 0 Å². The Morgan fingerprint density at radius 1 is 1.14 bits per heavy atom. The molecular weight excluding hydrogens is 386 g/mol. The van der Waals surface area contributed by atoms with Crippen molar-refractivity contribution in [3.05, 3.63) is 47.2 Å². The molecule has 29 heavy (non-hydrogen) atoms. The van der Waals surface area contributed by atoms with Crippen LogP contribution in [0.4, 0.5) is 5.82 Å². The van der Waals surface area contributed by atoms with E-state index in [0.717, 1.165) is 66.0 Å². The van der Waals surface area contributed by atoms with E-state index in [1.165, 1.54) is 4.90 Å². The summed E-state index contributed by atoms with van der Waals surface area (Å²) < 4.78 is 1.97. The van der Waals surface area contributed by atoms with Gasteiger partial charge in [-0.1, -0.05) is 44.5 Å². The van der Waals surface area contributed by atoms with Crippen LogP contribution in [0.3, 0.4) is 0 Å². The van der Waals surface area contributed by atoms with Crippen molar-refractivity contribution in [1.82, 2.24) is 14.6 Å². The Morgan fingerprint density at radius 2 is 1.83 bits per heavy atom. The van der Waals surface area contributed by atoms with E-state index in [-0.39, 0.29) is 12.0 Å². The first-order chi connectivity index (χ1) is 13.9. The standard InChI is InChI=1S/C22H28ClN5O/c1-22(2,3)19-14-20(27-10-8-26(9-11-27)12-13-29)28-21(25-19)18(15-24-28)16-4-6-17(23)7-5-16/h4-7,14-15,29H,8-13H2,1-3H3/p+1. The fourth-order valence-corrected chi connectivity index (χ4v) is 3.98. The van der Waals surface area contributed by atoms with Gasteiger partial charge in [0, 0.05) is 22.1 Å². The number of aromatic nitrogens is 3. The predicted octanol–water partition coefficient (Wildman–Crippen LogP) is 2.04. The fraction of sp³-hybridized carbons (Fsp3) is 0.455. The minimum atomic E-state index is -0.0675. The highest BCUT2D eigenvalue weighted by Gasteiger charge is 2.26. The summed E-state index contributed by atoms with van der Waals surface area (Å²) in [5, 5.41) is 14.7. The monoisotopic (exact) mass is 414 g/mol. The Kier molecular flexibility index (Phi) is 5.51. The second-order valence-corrected chi connectivity index (χ2v) is 9.20. The molecule has 1 aromatic carbocycles. The quantitative estimate of drug-likeness (QED) is 0.686. The van der Waals surface area contributed by atoms with Gasteiger partial charge in [-0.2, -0.15) is 9.61 Å². The highest BCUT2D eigenvalue weighted by Crippen LogP contribution is 2.31. The maximum atomic E-state index is 9.23. The second kappa shape index (κ2) is 7.94. The Morgan fingerprint density at radius 3 is 2.45 bits per heavy atom. The predicted molar refractivity (Wildman–Crippen MR) is 117 cm³/mol. The largest absolute Gasteiger partial charge is 0.391 e. The van der Waals surface area contributed by atoms with Gasteiger partial charge in [0.1, 0.15) is 12.4 Å². The first-order valence-electron chi connectivity index (χ1n) is 10.2. The summed E-state index contributed by atoms with van der Waals surface area (Å²) >= 11 is 6.08. The lowest BCUT2D eigenvalue weighted by Gasteiger charge is -2.34. The van der Waals surface area contributed by atoms with E-state index in [1.807, 2.05) is 35.0 Å². The van der Waals surface area contributed by atoms with Crippen LogP contribution in [0.25, 0.3) is 16.8 Å². The minimum Gasteiger partial charge on any atom is -0.391 e. The highest BCUT2D eigenvalue weighted by atomic mass is 35.5. The lowest BCUT2D eigenvalue weighted by molar-refractivity contribution is -0.900. The molecule has 154 valence electrons. The van der Waals surface area contributed by atoms with E-state index < -0.39 is 0 Å². The van der Waals surface area contributed by atoms with E-state index in [2.05, 4.69) is 31.7 Å². The van der Waals surface area contributed by atoms with Gasteiger partial charge in [0.15, 0.2) is 5.65 Å². The van der Waals surface area contributed by atoms with Crippen molar-refractivity contribution in [2.75, 3.05) is 44.2 Å². The van der Waals surface area contributed by atoms with Crippen LogP contribution in [-0.4, -0.2) is 59.0 Å². The summed E-state index contributed by atoms with van der Waals surface area (Å²) in [6.07, 6.45) is 1.90. The number of benzene rings is 1. The second-order valence-electron chi connectivity index (χ2n) is 8.76. The number of nitrogens with zero attached hydrogens (tertiary/aromatic N) is 4. The lowest BCUT2D eigenvalue weighted by atomic mass is 9.91. The fourth-order valence-electron chi connectivity index (χ4n) is 3.85. The van der Waals surface area contributed by atoms with E-state index in [1.54, 1.807) is 0 Å². The van der Waals surface area contributed by atoms with Gasteiger partial charge < -0.3 is 14.9 Å². The number of piperazine rings is 1. The number of aliphatic hydroxyl groups is 1. The van der Waals surface area contributed by atoms with Crippen molar-refractivity contribution >= 4 is 23.1 Å². The molecule has 1 aliphatic rings. The Labute approximate surface area is 176 Å². The van der Waals surface area contributed by atoms with Crippen molar-refractivity contribution in [2.45, 2.75) is 26.2 Å². The molecule has 0 unspecified atom stereocenters. The smallest absolute Gasteiger partial charge is 0.165 e. The molecule has 0 radical (unpaired) electrons. The molecule has 0 bridgehead atoms. The molecule has 3 heterocycles. The van der Waals surface area contributed by atoms with Crippen LogP contribution < -0.4 is 9.80 Å². The minimum absolute atomic E-state index is 0.0675. The maximum absolute atomic E-state index is 9.23. The zero-order chi connectivity index (χ0) is 20.6. The van der Waals surface area contributed by atoms with Crippen molar-refractivity contribution < 1.29 is 10.0 Å². The molecule has 1 fully saturated rings. The SMILES string of the molecule is CC(C)(C)c1cc(N2CC[NH+](CCO)CC2)n2ncc(-c3ccc(Cl)cc3)c2n1. The average Bonchev–Trinajstić information content (AvgIpc) is 3.12. The summed E-state index contributed by atoms with van der Waals surface area (Å²) in [6, 6.07) is 10.0. The number of halogens is 1. The van der Waals surface area contributed by atoms with Gasteiger partial charge in [-0.25, -0.2) is 4.98 Å². The molecule has 2 N–H and O–H groups in total. The lowest BCUT2D eigenvalue weighted by Crippen LogP contribution is -3.15. The van der Waals surface area contributed by atoms with Crippen LogP contribution in [0.1, 0.15) is 26.5 Å². The van der Waals surface area contributed by atoms with E-state index in [0.29, 0.717) is 0 Å². The molecule has 4 rings (SSSR count). The van der Waals surface area contributed by atoms with Crippen molar-refractivity contribution in [2.24, 2.45) is 0 Å². The third kappa shape index (κ3) is 4.10. The van der Waals surface area contributed by atoms with E-state index in [4.69, 9.17) is 21.7 Å². The first-order valence-corrected chi connectivity index (χ1v) is 10.6. The molecule has 2 aromatic heterocycles. The first kappa shape index (κ1) is 20.1. The molecule has 0 atom stereocenters. The molecule has 7 heteroatoms.